The Morgan fingerprint density at radius 3 is 2.24 bits per heavy atom. The molecule has 1 amide bonds. The number of carbonyl (C=O) groups is 2. The van der Waals surface area contributed by atoms with E-state index in [0.717, 1.165) is 11.3 Å². The van der Waals surface area contributed by atoms with Crippen LogP contribution in [-0.4, -0.2) is 74.3 Å². The van der Waals surface area contributed by atoms with E-state index in [1.54, 1.807) is 65.2 Å². The van der Waals surface area contributed by atoms with Gasteiger partial charge in [0.2, 0.25) is 0 Å². The minimum atomic E-state index is -2.52. The number of amides is 1. The number of carbonyl (C=O) groups excluding carboxylic acids is 2. The van der Waals surface area contributed by atoms with Crippen molar-refractivity contribution >= 4 is 32.1 Å². The average Bonchev–Trinajstić information content (AvgIpc) is 3.02. The van der Waals surface area contributed by atoms with Gasteiger partial charge in [-0.25, -0.2) is 9.59 Å². The summed E-state index contributed by atoms with van der Waals surface area (Å²) in [5, 5.41) is 22.3. The smallest absolute Gasteiger partial charge is 0.414 e. The quantitative estimate of drug-likeness (QED) is 0.157. The van der Waals surface area contributed by atoms with Gasteiger partial charge in [0.05, 0.1) is 25.5 Å². The molecule has 2 aromatic rings. The second-order valence-electron chi connectivity index (χ2n) is 15.7. The maximum absolute atomic E-state index is 14.2. The highest BCUT2D eigenvalue weighted by Crippen LogP contribution is 2.41. The van der Waals surface area contributed by atoms with E-state index in [4.69, 9.17) is 23.4 Å². The molecule has 3 rings (SSSR count). The first kappa shape index (κ1) is 41.8. The fourth-order valence-electron chi connectivity index (χ4n) is 5.02. The summed E-state index contributed by atoms with van der Waals surface area (Å²) in [4.78, 5) is 29.1. The van der Waals surface area contributed by atoms with Gasteiger partial charge in [0, 0.05) is 18.5 Å². The Bertz CT molecular complexity index is 1540. The zero-order chi connectivity index (χ0) is 38.3. The van der Waals surface area contributed by atoms with Crippen molar-refractivity contribution in [1.82, 2.24) is 0 Å². The number of hydrogen-bond acceptors (Lipinski definition) is 9. The largest absolute Gasteiger partial charge is 0.543 e. The van der Waals surface area contributed by atoms with Gasteiger partial charge in [0.1, 0.15) is 41.0 Å². The Balaban J connectivity index is 2.12. The monoisotopic (exact) mass is 725 g/mol. The van der Waals surface area contributed by atoms with Crippen LogP contribution in [0, 0.1) is 5.92 Å². The van der Waals surface area contributed by atoms with Crippen molar-refractivity contribution in [1.29, 1.82) is 0 Å². The van der Waals surface area contributed by atoms with E-state index in [9.17, 15) is 19.8 Å². The van der Waals surface area contributed by atoms with Gasteiger partial charge in [-0.1, -0.05) is 64.1 Å². The molecule has 51 heavy (non-hydrogen) atoms. The lowest BCUT2D eigenvalue weighted by Crippen LogP contribution is -2.44. The third kappa shape index (κ3) is 11.4. The molecule has 10 nitrogen and oxygen atoms in total. The van der Waals surface area contributed by atoms with Crippen LogP contribution in [-0.2, 0) is 20.8 Å². The maximum Gasteiger partial charge on any atom is 0.414 e. The van der Waals surface area contributed by atoms with E-state index in [1.807, 2.05) is 44.2 Å². The summed E-state index contributed by atoms with van der Waals surface area (Å²) >= 11 is 0. The summed E-state index contributed by atoms with van der Waals surface area (Å²) in [5.41, 5.74) is 1.29. The van der Waals surface area contributed by atoms with Crippen LogP contribution < -0.4 is 14.1 Å². The summed E-state index contributed by atoms with van der Waals surface area (Å²) < 4.78 is 30.0. The standard InChI is InChI=1S/C40H59NO9Si/c1-13-41(38(45)49-39(4,5)6)30-23-29-15-14-16-32(42)36(43)33(47-25-28-18-20-31(46-10)21-19-28)22-17-26(2)27(3)48-37(44)35(29)34(24-30)50-51(11,12)40(7,8)9/h14-15,17-24,26-27,32-33,36,42-43H,13,16,25H2,1-12H3/t26-,27+,32+,33-,36+/m1/s1. The molecule has 0 bridgehead atoms. The number of rotatable bonds is 8. The van der Waals surface area contributed by atoms with Crippen molar-refractivity contribution in [3.8, 4) is 11.5 Å². The van der Waals surface area contributed by atoms with Crippen LogP contribution in [0.5, 0.6) is 11.5 Å². The topological polar surface area (TPSA) is 124 Å². The molecule has 0 spiro atoms. The van der Waals surface area contributed by atoms with Crippen molar-refractivity contribution in [2.45, 2.75) is 123 Å². The van der Waals surface area contributed by atoms with Gasteiger partial charge < -0.3 is 33.6 Å². The van der Waals surface area contributed by atoms with E-state index in [2.05, 4.69) is 33.9 Å². The molecule has 11 heteroatoms. The molecule has 282 valence electrons. The molecule has 0 aromatic heterocycles. The van der Waals surface area contributed by atoms with Crippen LogP contribution in [0.1, 0.15) is 90.2 Å². The summed E-state index contributed by atoms with van der Waals surface area (Å²) in [6, 6.07) is 10.8. The Kier molecular flexibility index (Phi) is 14.1. The minimum Gasteiger partial charge on any atom is -0.543 e. The number of fused-ring (bicyclic) bond motifs is 1. The number of esters is 1. The first-order chi connectivity index (χ1) is 23.7. The lowest BCUT2D eigenvalue weighted by atomic mass is 9.98. The fourth-order valence-corrected chi connectivity index (χ4v) is 6.04. The number of hydrogen-bond donors (Lipinski definition) is 2. The average molecular weight is 726 g/mol. The Morgan fingerprint density at radius 2 is 1.67 bits per heavy atom. The number of aliphatic hydroxyl groups is 2. The summed E-state index contributed by atoms with van der Waals surface area (Å²) in [5.74, 6) is 0.170. The number of methoxy groups -OCH3 is 1. The van der Waals surface area contributed by atoms with Crippen molar-refractivity contribution < 1.29 is 43.2 Å². The van der Waals surface area contributed by atoms with Gasteiger partial charge in [-0.2, -0.15) is 0 Å². The summed E-state index contributed by atoms with van der Waals surface area (Å²) in [6.45, 7) is 21.9. The molecular formula is C40H59NO9Si. The van der Waals surface area contributed by atoms with Crippen molar-refractivity contribution in [2.75, 3.05) is 18.6 Å². The molecule has 0 radical (unpaired) electrons. The number of anilines is 1. The second kappa shape index (κ2) is 17.2. The maximum atomic E-state index is 14.2. The third-order valence-corrected chi connectivity index (χ3v) is 13.7. The zero-order valence-corrected chi connectivity index (χ0v) is 33.5. The predicted molar refractivity (Wildman–Crippen MR) is 204 cm³/mol. The SMILES string of the molecule is CCN(C(=O)OC(C)(C)C)c1cc2c(c(O[Si](C)(C)C(C)(C)C)c1)C(=O)O[C@@H](C)[C@H](C)C=C[C@@H](OCc1ccc(OC)cc1)[C@@H](O)[C@@H](O)CC=C2. The van der Waals surface area contributed by atoms with Crippen LogP contribution in [0.3, 0.4) is 0 Å². The van der Waals surface area contributed by atoms with Gasteiger partial charge in [0.15, 0.2) is 0 Å². The fraction of sp³-hybridized carbons (Fsp3) is 0.550. The first-order valence-electron chi connectivity index (χ1n) is 17.7. The van der Waals surface area contributed by atoms with Gasteiger partial charge in [-0.05, 0) is 88.5 Å². The Hall–Kier alpha value is -3.64. The van der Waals surface area contributed by atoms with Crippen molar-refractivity contribution in [2.24, 2.45) is 5.92 Å². The molecule has 2 aromatic carbocycles. The Morgan fingerprint density at radius 1 is 1.02 bits per heavy atom. The molecule has 0 saturated carbocycles. The normalized spacial score (nSPS) is 22.0. The van der Waals surface area contributed by atoms with Crippen LogP contribution in [0.4, 0.5) is 10.5 Å². The van der Waals surface area contributed by atoms with Gasteiger partial charge in [0.25, 0.3) is 8.32 Å². The van der Waals surface area contributed by atoms with Crippen LogP contribution in [0.25, 0.3) is 6.08 Å². The van der Waals surface area contributed by atoms with E-state index in [0.29, 0.717) is 23.5 Å². The van der Waals surface area contributed by atoms with E-state index in [1.165, 1.54) is 4.90 Å². The number of nitrogens with zero attached hydrogens (tertiary/aromatic N) is 1. The second-order valence-corrected chi connectivity index (χ2v) is 20.4. The zero-order valence-electron chi connectivity index (χ0n) is 32.5. The number of benzene rings is 2. The lowest BCUT2D eigenvalue weighted by Gasteiger charge is -2.37. The molecular weight excluding hydrogens is 667 g/mol. The van der Waals surface area contributed by atoms with Gasteiger partial charge in [-0.3, -0.25) is 4.90 Å². The number of aliphatic hydroxyl groups excluding tert-OH is 2. The summed E-state index contributed by atoms with van der Waals surface area (Å²) in [7, 11) is -0.921. The third-order valence-electron chi connectivity index (χ3n) is 9.38. The number of cyclic esters (lactones) is 1. The highest BCUT2D eigenvalue weighted by molar-refractivity contribution is 6.74. The van der Waals surface area contributed by atoms with E-state index < -0.39 is 50.4 Å². The van der Waals surface area contributed by atoms with Crippen molar-refractivity contribution in [3.05, 3.63) is 71.3 Å². The highest BCUT2D eigenvalue weighted by atomic mass is 28.4. The van der Waals surface area contributed by atoms with Crippen LogP contribution >= 0.6 is 0 Å². The molecule has 1 aliphatic heterocycles. The molecule has 5 atom stereocenters. The molecule has 1 heterocycles. The highest BCUT2D eigenvalue weighted by Gasteiger charge is 2.41. The predicted octanol–water partition coefficient (Wildman–Crippen LogP) is 8.30. The molecule has 0 aliphatic carbocycles. The van der Waals surface area contributed by atoms with Crippen LogP contribution in [0.15, 0.2) is 54.6 Å². The molecule has 0 fully saturated rings. The molecule has 1 aliphatic rings. The summed E-state index contributed by atoms with van der Waals surface area (Å²) in [6.07, 6.45) is 2.54. The molecule has 0 unspecified atom stereocenters. The van der Waals surface area contributed by atoms with Gasteiger partial charge in [-0.15, -0.1) is 0 Å². The van der Waals surface area contributed by atoms with Gasteiger partial charge >= 0.3 is 12.1 Å². The van der Waals surface area contributed by atoms with E-state index >= 15 is 0 Å². The van der Waals surface area contributed by atoms with Crippen LogP contribution in [0.2, 0.25) is 18.1 Å². The van der Waals surface area contributed by atoms with E-state index in [-0.39, 0.29) is 29.5 Å². The molecule has 2 N–H and O–H groups in total. The minimum absolute atomic E-state index is 0.0457. The lowest BCUT2D eigenvalue weighted by molar-refractivity contribution is -0.0741. The Labute approximate surface area is 305 Å². The number of ether oxygens (including phenoxy) is 4. The van der Waals surface area contributed by atoms with Crippen molar-refractivity contribution in [3.63, 3.8) is 0 Å². The first-order valence-corrected chi connectivity index (χ1v) is 20.6. The molecule has 0 saturated heterocycles.